The number of alkyl carbamates (subject to hydrolysis) is 2. The highest BCUT2D eigenvalue weighted by Gasteiger charge is 2.41. The molecule has 0 spiro atoms. The van der Waals surface area contributed by atoms with Crippen molar-refractivity contribution >= 4 is 34.3 Å². The monoisotopic (exact) mass is 574 g/mol. The number of H-pyrrole nitrogens is 1. The van der Waals surface area contributed by atoms with Crippen LogP contribution in [-0.4, -0.2) is 60.3 Å². The summed E-state index contributed by atoms with van der Waals surface area (Å²) in [4.78, 5) is 46.8. The van der Waals surface area contributed by atoms with Crippen molar-refractivity contribution in [3.05, 3.63) is 58.7 Å². The molecule has 13 nitrogen and oxygen atoms in total. The Kier molecular flexibility index (Phi) is 5.81. The first-order chi connectivity index (χ1) is 20.2. The number of carbonyl (C=O) groups is 2. The van der Waals surface area contributed by atoms with E-state index in [1.807, 2.05) is 24.3 Å². The van der Waals surface area contributed by atoms with Crippen LogP contribution >= 0.6 is 0 Å². The molecule has 1 aromatic carbocycles. The summed E-state index contributed by atoms with van der Waals surface area (Å²) in [6.45, 7) is 0.203. The SMILES string of the molecule is COC(=O)N[C@H]1C[C@H]2C[C@H]1OC(=O)NCc1ccc(cc1)-c1c(-c3cn(C)nc3F)[nH]c3ncc4c(c13)n2c(=O)n4C. The molecular weight excluding hydrogens is 547 g/mol. The number of methoxy groups -OCH3 is 1. The smallest absolute Gasteiger partial charge is 0.407 e. The van der Waals surface area contributed by atoms with E-state index >= 15 is 4.39 Å². The first-order valence-electron chi connectivity index (χ1n) is 13.4. The Morgan fingerprint density at radius 1 is 1.19 bits per heavy atom. The average molecular weight is 575 g/mol. The summed E-state index contributed by atoms with van der Waals surface area (Å²) in [5.74, 6) is -0.648. The molecule has 216 valence electrons. The summed E-state index contributed by atoms with van der Waals surface area (Å²) >= 11 is 0. The number of carbonyl (C=O) groups excluding carboxylic acids is 2. The normalized spacial score (nSPS) is 20.0. The molecule has 1 fully saturated rings. The van der Waals surface area contributed by atoms with Crippen molar-refractivity contribution in [2.24, 2.45) is 14.1 Å². The van der Waals surface area contributed by atoms with Crippen LogP contribution in [0.2, 0.25) is 0 Å². The van der Waals surface area contributed by atoms with Crippen LogP contribution in [0.1, 0.15) is 24.4 Å². The molecular formula is C28H27FN8O5. The Labute approximate surface area is 237 Å². The molecule has 0 radical (unpaired) electrons. The highest BCUT2D eigenvalue weighted by atomic mass is 19.1. The fourth-order valence-electron chi connectivity index (χ4n) is 6.26. The van der Waals surface area contributed by atoms with Crippen LogP contribution in [0.5, 0.6) is 0 Å². The number of halogens is 1. The third-order valence-electron chi connectivity index (χ3n) is 8.19. The maximum atomic E-state index is 15.1. The molecule has 42 heavy (non-hydrogen) atoms. The molecule has 1 saturated carbocycles. The molecule has 5 aromatic rings. The molecule has 0 unspecified atom stereocenters. The van der Waals surface area contributed by atoms with E-state index in [1.54, 1.807) is 31.1 Å². The number of ether oxygens (including phenoxy) is 2. The lowest BCUT2D eigenvalue weighted by Gasteiger charge is -2.20. The van der Waals surface area contributed by atoms with Gasteiger partial charge < -0.3 is 25.1 Å². The molecule has 4 aromatic heterocycles. The van der Waals surface area contributed by atoms with Gasteiger partial charge in [0.1, 0.15) is 11.8 Å². The van der Waals surface area contributed by atoms with Crippen molar-refractivity contribution in [3.63, 3.8) is 0 Å². The van der Waals surface area contributed by atoms with Crippen LogP contribution in [0.15, 0.2) is 41.5 Å². The number of amides is 2. The summed E-state index contributed by atoms with van der Waals surface area (Å²) in [7, 11) is 4.56. The number of pyridine rings is 1. The van der Waals surface area contributed by atoms with Crippen LogP contribution in [0.3, 0.4) is 0 Å². The Morgan fingerprint density at radius 2 is 1.98 bits per heavy atom. The minimum absolute atomic E-state index is 0.203. The zero-order valence-electron chi connectivity index (χ0n) is 23.0. The molecule has 1 aliphatic carbocycles. The van der Waals surface area contributed by atoms with E-state index in [-0.39, 0.29) is 24.2 Å². The quantitative estimate of drug-likeness (QED) is 0.293. The molecule has 2 amide bonds. The molecule has 6 heterocycles. The molecule has 3 atom stereocenters. The van der Waals surface area contributed by atoms with Gasteiger partial charge in [-0.1, -0.05) is 24.3 Å². The van der Waals surface area contributed by atoms with Gasteiger partial charge in [-0.2, -0.15) is 4.39 Å². The molecule has 8 rings (SSSR count). The summed E-state index contributed by atoms with van der Waals surface area (Å²) in [6.07, 6.45) is 1.72. The summed E-state index contributed by atoms with van der Waals surface area (Å²) < 4.78 is 30.3. The molecule has 3 aliphatic rings. The van der Waals surface area contributed by atoms with Gasteiger partial charge in [-0.25, -0.2) is 19.4 Å². The van der Waals surface area contributed by atoms with E-state index in [0.717, 1.165) is 11.1 Å². The minimum Gasteiger partial charge on any atom is -0.453 e. The number of hydrogen-bond donors (Lipinski definition) is 3. The Bertz CT molecular complexity index is 1950. The lowest BCUT2D eigenvalue weighted by atomic mass is 9.98. The van der Waals surface area contributed by atoms with Gasteiger partial charge in [0, 0.05) is 44.9 Å². The second-order valence-electron chi connectivity index (χ2n) is 10.7. The number of nitrogens with one attached hydrogen (secondary N) is 3. The first kappa shape index (κ1) is 25.8. The number of benzene rings is 1. The Morgan fingerprint density at radius 3 is 2.69 bits per heavy atom. The van der Waals surface area contributed by atoms with Gasteiger partial charge in [0.2, 0.25) is 5.95 Å². The first-order valence-corrected chi connectivity index (χ1v) is 13.4. The zero-order valence-corrected chi connectivity index (χ0v) is 23.0. The van der Waals surface area contributed by atoms with Crippen molar-refractivity contribution < 1.29 is 23.5 Å². The number of hydrogen-bond acceptors (Lipinski definition) is 7. The predicted octanol–water partition coefficient (Wildman–Crippen LogP) is 3.09. The number of aryl methyl sites for hydroxylation is 2. The minimum atomic E-state index is -0.730. The van der Waals surface area contributed by atoms with Gasteiger partial charge >= 0.3 is 17.9 Å². The summed E-state index contributed by atoms with van der Waals surface area (Å²) in [6, 6.07) is 6.42. The van der Waals surface area contributed by atoms with Crippen LogP contribution in [0.4, 0.5) is 14.0 Å². The van der Waals surface area contributed by atoms with E-state index in [1.165, 1.54) is 16.4 Å². The second-order valence-corrected chi connectivity index (χ2v) is 10.7. The van der Waals surface area contributed by atoms with Crippen molar-refractivity contribution in [1.82, 2.24) is 39.5 Å². The maximum absolute atomic E-state index is 15.1. The van der Waals surface area contributed by atoms with E-state index in [0.29, 0.717) is 39.7 Å². The number of fused-ring (bicyclic) bond motifs is 5. The van der Waals surface area contributed by atoms with Gasteiger partial charge in [-0.15, -0.1) is 5.10 Å². The number of aromatic amines is 1. The number of aromatic nitrogens is 6. The van der Waals surface area contributed by atoms with E-state index in [2.05, 4.69) is 25.7 Å². The van der Waals surface area contributed by atoms with Gasteiger partial charge in [-0.05, 0) is 17.5 Å². The zero-order chi connectivity index (χ0) is 29.3. The lowest BCUT2D eigenvalue weighted by molar-refractivity contribution is 0.0810. The van der Waals surface area contributed by atoms with E-state index in [9.17, 15) is 14.4 Å². The third-order valence-corrected chi connectivity index (χ3v) is 8.19. The highest BCUT2D eigenvalue weighted by molar-refractivity contribution is 6.14. The Hall–Kier alpha value is -5.14. The highest BCUT2D eigenvalue weighted by Crippen LogP contribution is 2.43. The fourth-order valence-corrected chi connectivity index (χ4v) is 6.26. The van der Waals surface area contributed by atoms with E-state index in [4.69, 9.17) is 9.47 Å². The van der Waals surface area contributed by atoms with Crippen LogP contribution in [-0.2, 0) is 30.1 Å². The van der Waals surface area contributed by atoms with Crippen molar-refractivity contribution in [2.45, 2.75) is 37.6 Å². The average Bonchev–Trinajstić information content (AvgIpc) is 3.70. The van der Waals surface area contributed by atoms with Crippen LogP contribution < -0.4 is 16.3 Å². The Balaban J connectivity index is 1.55. The summed E-state index contributed by atoms with van der Waals surface area (Å²) in [5.41, 5.74) is 4.31. The van der Waals surface area contributed by atoms with Gasteiger partial charge in [0.25, 0.3) is 0 Å². The van der Waals surface area contributed by atoms with Gasteiger partial charge in [0.05, 0.1) is 47.0 Å². The molecule has 4 bridgehead atoms. The van der Waals surface area contributed by atoms with Gasteiger partial charge in [0.15, 0.2) is 0 Å². The lowest BCUT2D eigenvalue weighted by Crippen LogP contribution is -2.43. The topological polar surface area (TPSA) is 150 Å². The molecule has 0 saturated heterocycles. The standard InChI is InChI=1S/C28H27FN8O5/c1-35-12-16(24(29)34-35)22-20-14-6-4-13(5-7-14)10-31-26(38)42-19-9-15(8-17(19)32-27(39)41-3)37-23-18(36(2)28(37)40)11-30-25(33-22)21(20)23/h4-7,11-12,15,17,19H,8-10H2,1-3H3,(H,30,33)(H,31,38)(H,32,39)/t15-,17-,19+/m0/s1. The second kappa shape index (κ2) is 9.46. The number of imidazole rings is 1. The predicted molar refractivity (Wildman–Crippen MR) is 149 cm³/mol. The van der Waals surface area contributed by atoms with Crippen molar-refractivity contribution in [2.75, 3.05) is 7.11 Å². The van der Waals surface area contributed by atoms with Crippen molar-refractivity contribution in [1.29, 1.82) is 0 Å². The maximum Gasteiger partial charge on any atom is 0.407 e. The third kappa shape index (κ3) is 3.93. The number of nitrogens with zero attached hydrogens (tertiary/aromatic N) is 5. The van der Waals surface area contributed by atoms with Crippen molar-refractivity contribution in [3.8, 4) is 22.4 Å². The van der Waals surface area contributed by atoms with Crippen LogP contribution in [0, 0.1) is 5.95 Å². The fraction of sp³-hybridized carbons (Fsp3) is 0.321. The van der Waals surface area contributed by atoms with Crippen LogP contribution in [0.25, 0.3) is 44.5 Å². The molecule has 2 aliphatic heterocycles. The van der Waals surface area contributed by atoms with E-state index < -0.39 is 36.3 Å². The number of rotatable bonds is 2. The van der Waals surface area contributed by atoms with Gasteiger partial charge in [-0.3, -0.25) is 13.8 Å². The largest absolute Gasteiger partial charge is 0.453 e. The summed E-state index contributed by atoms with van der Waals surface area (Å²) in [5, 5.41) is 10.1. The molecule has 3 N–H and O–H groups in total. The molecule has 14 heteroatoms.